The maximum absolute atomic E-state index is 11.1. The predicted octanol–water partition coefficient (Wildman–Crippen LogP) is 3.40. The zero-order valence-corrected chi connectivity index (χ0v) is 26.0. The third-order valence-corrected chi connectivity index (χ3v) is 8.28. The van der Waals surface area contributed by atoms with Gasteiger partial charge in [-0.2, -0.15) is 15.0 Å². The summed E-state index contributed by atoms with van der Waals surface area (Å²) in [5.74, 6) is 1.49. The number of hydrogen-bond donors (Lipinski definition) is 4. The summed E-state index contributed by atoms with van der Waals surface area (Å²) in [6.45, 7) is 2.96. The Kier molecular flexibility index (Phi) is 8.61. The van der Waals surface area contributed by atoms with Crippen LogP contribution in [0.1, 0.15) is 53.7 Å². The molecule has 6 aromatic rings. The van der Waals surface area contributed by atoms with E-state index in [0.29, 0.717) is 54.7 Å². The number of anilines is 2. The second kappa shape index (κ2) is 13.3. The van der Waals surface area contributed by atoms with Gasteiger partial charge in [-0.1, -0.05) is 72.7 Å². The minimum Gasteiger partial charge on any atom is -0.387 e. The maximum atomic E-state index is 11.1. The summed E-state index contributed by atoms with van der Waals surface area (Å²) in [5.41, 5.74) is 4.15. The molecule has 1 saturated heterocycles. The minimum atomic E-state index is -1.32. The van der Waals surface area contributed by atoms with Crippen molar-refractivity contribution in [3.8, 4) is 0 Å². The molecular weight excluding hydrogens is 600 g/mol. The molecule has 0 radical (unpaired) electrons. The van der Waals surface area contributed by atoms with Crippen LogP contribution in [0.5, 0.6) is 0 Å². The Hall–Kier alpha value is -5.18. The molecule has 0 aliphatic carbocycles. The van der Waals surface area contributed by atoms with Crippen LogP contribution in [0.3, 0.4) is 0 Å². The fraction of sp³-hybridized carbons (Fsp3) is 0.333. The smallest absolute Gasteiger partial charge is 0.258 e. The second-order valence-corrected chi connectivity index (χ2v) is 11.5. The van der Waals surface area contributed by atoms with Crippen LogP contribution in [0.15, 0.2) is 84.0 Å². The van der Waals surface area contributed by atoms with Gasteiger partial charge >= 0.3 is 0 Å². The molecule has 2 aromatic carbocycles. The van der Waals surface area contributed by atoms with E-state index in [1.54, 1.807) is 10.9 Å². The van der Waals surface area contributed by atoms with Crippen molar-refractivity contribution >= 4 is 22.9 Å². The number of aryl methyl sites for hydroxylation is 2. The molecule has 0 bridgehead atoms. The molecule has 0 saturated carbocycles. The number of aliphatic hydroxyl groups is 2. The molecule has 4 N–H and O–H groups in total. The fourth-order valence-electron chi connectivity index (χ4n) is 5.82. The summed E-state index contributed by atoms with van der Waals surface area (Å²) in [6.07, 6.45) is 1.81. The summed E-state index contributed by atoms with van der Waals surface area (Å²) < 4.78 is 15.0. The Morgan fingerprint density at radius 3 is 2.30 bits per heavy atom. The van der Waals surface area contributed by atoms with Crippen molar-refractivity contribution in [2.75, 3.05) is 23.7 Å². The number of imidazole rings is 2. The first kappa shape index (κ1) is 30.5. The van der Waals surface area contributed by atoms with Crippen molar-refractivity contribution < 1.29 is 19.5 Å². The summed E-state index contributed by atoms with van der Waals surface area (Å²) in [5, 5.41) is 32.8. The van der Waals surface area contributed by atoms with Crippen molar-refractivity contribution in [1.29, 1.82) is 0 Å². The maximum Gasteiger partial charge on any atom is 0.258 e. The molecule has 14 nitrogen and oxygen atoms in total. The van der Waals surface area contributed by atoms with Crippen molar-refractivity contribution in [2.45, 2.75) is 50.2 Å². The van der Waals surface area contributed by atoms with Crippen molar-refractivity contribution in [3.63, 3.8) is 0 Å². The van der Waals surface area contributed by atoms with E-state index in [0.717, 1.165) is 16.8 Å². The Balaban J connectivity index is 1.21. The molecule has 14 heteroatoms. The highest BCUT2D eigenvalue weighted by Gasteiger charge is 2.47. The van der Waals surface area contributed by atoms with Gasteiger partial charge in [0.25, 0.3) is 5.89 Å². The van der Waals surface area contributed by atoms with Crippen LogP contribution in [0, 0.1) is 0 Å². The van der Waals surface area contributed by atoms with Gasteiger partial charge in [0.05, 0.1) is 18.3 Å². The normalized spacial score (nSPS) is 19.5. The number of nitrogens with zero attached hydrogens (tertiary/aromatic N) is 8. The molecule has 4 atom stereocenters. The van der Waals surface area contributed by atoms with Crippen LogP contribution >= 0.6 is 0 Å². The number of benzene rings is 2. The molecule has 0 spiro atoms. The Labute approximate surface area is 270 Å². The molecule has 5 heterocycles. The van der Waals surface area contributed by atoms with Gasteiger partial charge < -0.3 is 34.7 Å². The van der Waals surface area contributed by atoms with Crippen LogP contribution in [0.2, 0.25) is 0 Å². The first-order valence-corrected chi connectivity index (χ1v) is 15.6. The van der Waals surface area contributed by atoms with Gasteiger partial charge in [0.1, 0.15) is 12.2 Å². The second-order valence-electron chi connectivity index (χ2n) is 11.5. The Bertz CT molecular complexity index is 1890. The van der Waals surface area contributed by atoms with Gasteiger partial charge in [0.2, 0.25) is 5.95 Å². The number of aromatic nitrogens is 8. The quantitative estimate of drug-likeness (QED) is 0.154. The van der Waals surface area contributed by atoms with E-state index in [2.05, 4.69) is 55.0 Å². The zero-order chi connectivity index (χ0) is 32.3. The molecule has 4 aromatic heterocycles. The van der Waals surface area contributed by atoms with Gasteiger partial charge in [-0.25, -0.2) is 9.97 Å². The predicted molar refractivity (Wildman–Crippen MR) is 172 cm³/mol. The average molecular weight is 637 g/mol. The lowest BCUT2D eigenvalue weighted by Gasteiger charge is -2.20. The Morgan fingerprint density at radius 1 is 0.894 bits per heavy atom. The van der Waals surface area contributed by atoms with E-state index in [1.165, 1.54) is 6.33 Å². The highest BCUT2D eigenvalue weighted by molar-refractivity contribution is 5.84. The van der Waals surface area contributed by atoms with Gasteiger partial charge in [-0.3, -0.25) is 4.57 Å². The molecule has 7 rings (SSSR count). The molecule has 1 aliphatic rings. The van der Waals surface area contributed by atoms with E-state index in [1.807, 2.05) is 61.1 Å². The highest BCUT2D eigenvalue weighted by atomic mass is 16.6. The van der Waals surface area contributed by atoms with Gasteiger partial charge in [0, 0.05) is 45.1 Å². The van der Waals surface area contributed by atoms with E-state index in [-0.39, 0.29) is 11.8 Å². The van der Waals surface area contributed by atoms with Crippen molar-refractivity contribution in [2.24, 2.45) is 7.05 Å². The topological polar surface area (TPSA) is 174 Å². The molecule has 1 aliphatic heterocycles. The molecular formula is C33H36N10O4. The number of rotatable bonds is 12. The van der Waals surface area contributed by atoms with Gasteiger partial charge in [-0.05, 0) is 11.1 Å². The molecule has 0 unspecified atom stereocenters. The lowest BCUT2D eigenvalue weighted by molar-refractivity contribution is -0.0451. The van der Waals surface area contributed by atoms with Gasteiger partial charge in [-0.15, -0.1) is 0 Å². The number of aliphatic hydroxyl groups excluding tert-OH is 2. The average Bonchev–Trinajstić information content (AvgIpc) is 3.90. The summed E-state index contributed by atoms with van der Waals surface area (Å²) in [4.78, 5) is 23.0. The molecule has 242 valence electrons. The van der Waals surface area contributed by atoms with Crippen LogP contribution in [0.25, 0.3) is 11.2 Å². The lowest BCUT2D eigenvalue weighted by Crippen LogP contribution is -2.29. The van der Waals surface area contributed by atoms with Crippen LogP contribution in [0.4, 0.5) is 11.8 Å². The van der Waals surface area contributed by atoms with Crippen LogP contribution < -0.4 is 10.6 Å². The number of fused-ring (bicyclic) bond motifs is 1. The minimum absolute atomic E-state index is 0.0309. The summed E-state index contributed by atoms with van der Waals surface area (Å²) in [6, 6.07) is 20.6. The van der Waals surface area contributed by atoms with E-state index in [9.17, 15) is 10.2 Å². The van der Waals surface area contributed by atoms with E-state index < -0.39 is 24.5 Å². The fourth-order valence-corrected chi connectivity index (χ4v) is 5.82. The largest absolute Gasteiger partial charge is 0.387 e. The number of hydrogen-bond acceptors (Lipinski definition) is 12. The third kappa shape index (κ3) is 6.30. The first-order chi connectivity index (χ1) is 23.0. The number of nitrogens with one attached hydrogen (secondary N) is 2. The van der Waals surface area contributed by atoms with Crippen LogP contribution in [-0.2, 0) is 24.6 Å². The molecule has 1 fully saturated rings. The summed E-state index contributed by atoms with van der Waals surface area (Å²) in [7, 11) is 1.93. The Morgan fingerprint density at radius 2 is 1.64 bits per heavy atom. The number of ether oxygens (including phenoxy) is 1. The lowest BCUT2D eigenvalue weighted by atomic mass is 9.91. The molecule has 47 heavy (non-hydrogen) atoms. The zero-order valence-electron chi connectivity index (χ0n) is 26.0. The first-order valence-electron chi connectivity index (χ1n) is 15.6. The van der Waals surface area contributed by atoms with Crippen molar-refractivity contribution in [1.82, 2.24) is 39.2 Å². The monoisotopic (exact) mass is 636 g/mol. The SMILES string of the molecule is CCc1noc([C@H]2O[C@@H](n3cnc4c(NCC(c5ccccc5)c5ccccc5)nc(NCCc5cn(C)cn5)nc43)[C@H](O)[C@@H]2O)n1. The van der Waals surface area contributed by atoms with Crippen molar-refractivity contribution in [3.05, 3.63) is 108 Å². The third-order valence-electron chi connectivity index (χ3n) is 8.28. The standard InChI is InChI=1S/C33H36N10O4/c1-3-24-38-31(47-41-24)28-26(44)27(45)32(46-28)43-19-37-25-29(39-33(40-30(25)43)34-15-14-22-17-42(2)18-36-22)35-16-23(20-10-6-4-7-11-20)21-12-8-5-9-13-21/h4-13,17-19,23,26-28,32,44-45H,3,14-16H2,1-2H3,(H2,34,35,39,40)/t26-,27+,28-,32+/m0/s1. The molecule has 0 amide bonds. The highest BCUT2D eigenvalue weighted by Crippen LogP contribution is 2.40. The van der Waals surface area contributed by atoms with Crippen LogP contribution in [-0.4, -0.2) is 74.7 Å². The van der Waals surface area contributed by atoms with Gasteiger partial charge in [0.15, 0.2) is 35.1 Å². The van der Waals surface area contributed by atoms with E-state index in [4.69, 9.17) is 19.2 Å². The summed E-state index contributed by atoms with van der Waals surface area (Å²) >= 11 is 0. The van der Waals surface area contributed by atoms with E-state index >= 15 is 0 Å².